The van der Waals surface area contributed by atoms with Crippen molar-refractivity contribution in [1.82, 2.24) is 0 Å². The highest BCUT2D eigenvalue weighted by Crippen LogP contribution is 2.51. The molecule has 0 radical (unpaired) electrons. The fourth-order valence-electron chi connectivity index (χ4n) is 2.45. The summed E-state index contributed by atoms with van der Waals surface area (Å²) in [4.78, 5) is 14.5. The number of phenolic OH excluding ortho intramolecular Hbond substituents is 1. The average molecular weight is 296 g/mol. The molecule has 0 spiro atoms. The van der Waals surface area contributed by atoms with Gasteiger partial charge in [0.15, 0.2) is 0 Å². The lowest BCUT2D eigenvalue weighted by Gasteiger charge is -2.39. The normalized spacial score (nSPS) is 17.1. The quantitative estimate of drug-likeness (QED) is 0.671. The molecule has 0 aromatic heterocycles. The van der Waals surface area contributed by atoms with Crippen molar-refractivity contribution in [2.45, 2.75) is 38.6 Å². The Morgan fingerprint density at radius 1 is 1.47 bits per heavy atom. The molecule has 0 aliphatic heterocycles. The van der Waals surface area contributed by atoms with Gasteiger partial charge in [0.2, 0.25) is 6.08 Å². The van der Waals surface area contributed by atoms with Crippen LogP contribution in [-0.4, -0.2) is 11.2 Å². The third kappa shape index (κ3) is 1.81. The predicted octanol–water partition coefficient (Wildman–Crippen LogP) is 3.49. The fraction of sp³-hybridized carbons (Fsp3) is 0.462. The summed E-state index contributed by atoms with van der Waals surface area (Å²) >= 11 is 3.48. The van der Waals surface area contributed by atoms with Gasteiger partial charge in [0.1, 0.15) is 11.3 Å². The second-order valence-corrected chi connectivity index (χ2v) is 5.47. The molecule has 17 heavy (non-hydrogen) atoms. The third-order valence-corrected chi connectivity index (χ3v) is 4.42. The molecule has 3 nitrogen and oxygen atoms in total. The molecule has 1 fully saturated rings. The molecule has 0 unspecified atom stereocenters. The van der Waals surface area contributed by atoms with Crippen LogP contribution < -0.4 is 0 Å². The summed E-state index contributed by atoms with van der Waals surface area (Å²) in [6, 6.07) is 1.88. The van der Waals surface area contributed by atoms with Crippen LogP contribution in [0.3, 0.4) is 0 Å². The van der Waals surface area contributed by atoms with Crippen molar-refractivity contribution in [2.24, 2.45) is 4.99 Å². The van der Waals surface area contributed by atoms with Gasteiger partial charge in [0.05, 0.1) is 0 Å². The molecule has 0 heterocycles. The van der Waals surface area contributed by atoms with E-state index in [9.17, 15) is 9.90 Å². The Hall–Kier alpha value is -1.12. The van der Waals surface area contributed by atoms with Crippen LogP contribution in [-0.2, 0) is 10.3 Å². The molecule has 0 amide bonds. The van der Waals surface area contributed by atoms with Crippen LogP contribution in [0.25, 0.3) is 0 Å². The molecule has 90 valence electrons. The molecule has 1 aliphatic carbocycles. The molecule has 1 N–H and O–H groups in total. The first-order valence-electron chi connectivity index (χ1n) is 5.60. The second-order valence-electron chi connectivity index (χ2n) is 4.61. The van der Waals surface area contributed by atoms with Crippen molar-refractivity contribution in [3.8, 4) is 5.75 Å². The molecule has 4 heteroatoms. The molecular weight excluding hydrogens is 282 g/mol. The summed E-state index contributed by atoms with van der Waals surface area (Å²) in [6.07, 6.45) is 4.27. The van der Waals surface area contributed by atoms with E-state index in [0.717, 1.165) is 40.4 Å². The van der Waals surface area contributed by atoms with E-state index in [4.69, 9.17) is 0 Å². The molecule has 1 aromatic rings. The zero-order valence-corrected chi connectivity index (χ0v) is 11.5. The minimum atomic E-state index is -0.551. The smallest absolute Gasteiger partial charge is 0.235 e. The SMILES string of the molecule is Cc1cc(Br)c(C)c(C2(N=C=O)CCC2)c1O. The van der Waals surface area contributed by atoms with Crippen LogP contribution in [0.2, 0.25) is 0 Å². The van der Waals surface area contributed by atoms with Crippen LogP contribution in [0.5, 0.6) is 5.75 Å². The molecule has 1 aliphatic rings. The first kappa shape index (κ1) is 12.3. The van der Waals surface area contributed by atoms with Gasteiger partial charge < -0.3 is 5.11 Å². The summed E-state index contributed by atoms with van der Waals surface area (Å²) in [5.41, 5.74) is 1.97. The number of nitrogens with zero attached hydrogens (tertiary/aromatic N) is 1. The van der Waals surface area contributed by atoms with Gasteiger partial charge in [0.25, 0.3) is 0 Å². The van der Waals surface area contributed by atoms with Crippen LogP contribution in [0.4, 0.5) is 0 Å². The van der Waals surface area contributed by atoms with E-state index in [1.54, 1.807) is 6.08 Å². The van der Waals surface area contributed by atoms with Gasteiger partial charge in [-0.25, -0.2) is 4.79 Å². The van der Waals surface area contributed by atoms with Crippen LogP contribution in [0.1, 0.15) is 36.0 Å². The number of phenols is 1. The van der Waals surface area contributed by atoms with E-state index in [0.29, 0.717) is 0 Å². The molecule has 0 saturated heterocycles. The molecule has 0 bridgehead atoms. The molecular formula is C13H14BrNO2. The van der Waals surface area contributed by atoms with E-state index < -0.39 is 5.54 Å². The fourth-order valence-corrected chi connectivity index (χ4v) is 2.99. The number of rotatable bonds is 2. The third-order valence-electron chi connectivity index (χ3n) is 3.59. The molecule has 0 atom stereocenters. The maximum atomic E-state index is 10.6. The lowest BCUT2D eigenvalue weighted by molar-refractivity contribution is 0.246. The van der Waals surface area contributed by atoms with Crippen molar-refractivity contribution >= 4 is 22.0 Å². The van der Waals surface area contributed by atoms with Crippen LogP contribution in [0, 0.1) is 13.8 Å². The standard InChI is InChI=1S/C13H14BrNO2/c1-8-6-10(14)9(2)11(12(8)17)13(15-7-16)4-3-5-13/h6,17H,3-5H2,1-2H3. The highest BCUT2D eigenvalue weighted by atomic mass is 79.9. The lowest BCUT2D eigenvalue weighted by Crippen LogP contribution is -2.33. The van der Waals surface area contributed by atoms with Gasteiger partial charge in [-0.3, -0.25) is 0 Å². The average Bonchev–Trinajstić information content (AvgIpc) is 2.23. The van der Waals surface area contributed by atoms with Crippen molar-refractivity contribution in [3.05, 3.63) is 27.2 Å². The Bertz CT molecular complexity index is 488. The topological polar surface area (TPSA) is 49.7 Å². The number of hydrogen-bond donors (Lipinski definition) is 1. The van der Waals surface area contributed by atoms with Crippen molar-refractivity contribution in [3.63, 3.8) is 0 Å². The van der Waals surface area contributed by atoms with Gasteiger partial charge >= 0.3 is 0 Å². The monoisotopic (exact) mass is 295 g/mol. The van der Waals surface area contributed by atoms with Crippen LogP contribution >= 0.6 is 15.9 Å². The van der Waals surface area contributed by atoms with E-state index in [1.165, 1.54) is 0 Å². The highest BCUT2D eigenvalue weighted by Gasteiger charge is 2.42. The number of aryl methyl sites for hydroxylation is 1. The first-order chi connectivity index (χ1) is 8.02. The zero-order valence-electron chi connectivity index (χ0n) is 9.88. The predicted molar refractivity (Wildman–Crippen MR) is 68.9 cm³/mol. The molecule has 2 rings (SSSR count). The number of hydrogen-bond acceptors (Lipinski definition) is 3. The van der Waals surface area contributed by atoms with Gasteiger partial charge in [-0.1, -0.05) is 15.9 Å². The van der Waals surface area contributed by atoms with Crippen LogP contribution in [0.15, 0.2) is 15.5 Å². The summed E-state index contributed by atoms with van der Waals surface area (Å²) in [6.45, 7) is 3.78. The maximum Gasteiger partial charge on any atom is 0.235 e. The van der Waals surface area contributed by atoms with E-state index in [2.05, 4.69) is 20.9 Å². The Morgan fingerprint density at radius 3 is 2.59 bits per heavy atom. The van der Waals surface area contributed by atoms with E-state index in [1.807, 2.05) is 19.9 Å². The van der Waals surface area contributed by atoms with Gasteiger partial charge in [-0.2, -0.15) is 4.99 Å². The van der Waals surface area contributed by atoms with Gasteiger partial charge in [-0.05, 0) is 50.3 Å². The number of halogens is 1. The van der Waals surface area contributed by atoms with E-state index >= 15 is 0 Å². The van der Waals surface area contributed by atoms with Crippen molar-refractivity contribution in [1.29, 1.82) is 0 Å². The molecule has 1 saturated carbocycles. The Kier molecular flexibility index (Phi) is 3.11. The number of carbonyl (C=O) groups excluding carboxylic acids is 1. The van der Waals surface area contributed by atoms with Crippen molar-refractivity contribution < 1.29 is 9.90 Å². The molecule has 1 aromatic carbocycles. The summed E-state index contributed by atoms with van der Waals surface area (Å²) in [7, 11) is 0. The van der Waals surface area contributed by atoms with Gasteiger partial charge in [-0.15, -0.1) is 0 Å². The summed E-state index contributed by atoms with van der Waals surface area (Å²) in [5, 5.41) is 10.2. The maximum absolute atomic E-state index is 10.6. The minimum absolute atomic E-state index is 0.254. The summed E-state index contributed by atoms with van der Waals surface area (Å²) < 4.78 is 0.940. The first-order valence-corrected chi connectivity index (χ1v) is 6.39. The highest BCUT2D eigenvalue weighted by molar-refractivity contribution is 9.10. The Labute approximate surface area is 109 Å². The Balaban J connectivity index is 2.69. The Morgan fingerprint density at radius 2 is 2.12 bits per heavy atom. The van der Waals surface area contributed by atoms with Crippen molar-refractivity contribution in [2.75, 3.05) is 0 Å². The lowest BCUT2D eigenvalue weighted by atomic mass is 9.70. The largest absolute Gasteiger partial charge is 0.507 e. The van der Waals surface area contributed by atoms with E-state index in [-0.39, 0.29) is 5.75 Å². The number of benzene rings is 1. The number of aromatic hydroxyl groups is 1. The number of aliphatic imine (C=N–C) groups is 1. The zero-order chi connectivity index (χ0) is 12.6. The van der Waals surface area contributed by atoms with Gasteiger partial charge in [0, 0.05) is 10.0 Å². The minimum Gasteiger partial charge on any atom is -0.507 e. The summed E-state index contributed by atoms with van der Waals surface area (Å²) in [5.74, 6) is 0.254. The number of isocyanates is 1. The second kappa shape index (κ2) is 4.28.